The minimum Gasteiger partial charge on any atom is -0.465 e. The quantitative estimate of drug-likeness (QED) is 0.324. The highest BCUT2D eigenvalue weighted by Crippen LogP contribution is 2.32. The van der Waals surface area contributed by atoms with Crippen LogP contribution in [0.3, 0.4) is 0 Å². The smallest absolute Gasteiger partial charge is 0.404 e. The zero-order valence-electron chi connectivity index (χ0n) is 13.2. The van der Waals surface area contributed by atoms with E-state index in [1.165, 1.54) is 14.2 Å². The van der Waals surface area contributed by atoms with E-state index in [1.54, 1.807) is 10.6 Å². The van der Waals surface area contributed by atoms with Gasteiger partial charge in [-0.25, -0.2) is 9.59 Å². The van der Waals surface area contributed by atoms with E-state index < -0.39 is 11.9 Å². The van der Waals surface area contributed by atoms with Crippen LogP contribution in [0.2, 0.25) is 0 Å². The van der Waals surface area contributed by atoms with E-state index in [2.05, 4.69) is 0 Å². The Hall–Kier alpha value is -3.21. The molecule has 0 aliphatic rings. The zero-order chi connectivity index (χ0) is 16.8. The van der Waals surface area contributed by atoms with Crippen molar-refractivity contribution < 1.29 is 23.5 Å². The first kappa shape index (κ1) is 14.4. The number of hydrogen-bond donors (Lipinski definition) is 0. The summed E-state index contributed by atoms with van der Waals surface area (Å²) in [5, 5.41) is 3.56. The molecule has 2 aromatic heterocycles. The van der Waals surface area contributed by atoms with Crippen molar-refractivity contribution in [2.24, 2.45) is 0 Å². The predicted molar refractivity (Wildman–Crippen MR) is 88.5 cm³/mol. The van der Waals surface area contributed by atoms with Gasteiger partial charge in [0.15, 0.2) is 6.20 Å². The summed E-state index contributed by atoms with van der Waals surface area (Å²) in [5.74, 6) is -1.15. The normalized spacial score (nSPS) is 11.2. The number of pyridine rings is 2. The van der Waals surface area contributed by atoms with Gasteiger partial charge in [-0.3, -0.25) is 0 Å². The standard InChI is InChI=1S/C19H14NO4/c1-23-18(21)15-13-7-3-5-11-8-9-12-6-4-10-20(16(12)14(11)13)17(15)19(22)24-2/h3-10H,1-2H3/q+1. The molecule has 0 bridgehead atoms. The van der Waals surface area contributed by atoms with E-state index in [0.717, 1.165) is 21.7 Å². The van der Waals surface area contributed by atoms with Crippen molar-refractivity contribution >= 4 is 39.0 Å². The largest absolute Gasteiger partial charge is 0.465 e. The molecule has 5 nitrogen and oxygen atoms in total. The Morgan fingerprint density at radius 1 is 0.875 bits per heavy atom. The van der Waals surface area contributed by atoms with Gasteiger partial charge in [0.2, 0.25) is 5.52 Å². The summed E-state index contributed by atoms with van der Waals surface area (Å²) >= 11 is 0. The molecule has 4 rings (SSSR count). The summed E-state index contributed by atoms with van der Waals surface area (Å²) in [5.41, 5.74) is 1.26. The van der Waals surface area contributed by atoms with Crippen molar-refractivity contribution in [1.82, 2.24) is 0 Å². The van der Waals surface area contributed by atoms with E-state index in [0.29, 0.717) is 5.39 Å². The molecule has 0 atom stereocenters. The summed E-state index contributed by atoms with van der Waals surface area (Å²) in [4.78, 5) is 24.9. The van der Waals surface area contributed by atoms with Crippen molar-refractivity contribution in [3.63, 3.8) is 0 Å². The molecule has 24 heavy (non-hydrogen) atoms. The van der Waals surface area contributed by atoms with Gasteiger partial charge in [-0.15, -0.1) is 0 Å². The van der Waals surface area contributed by atoms with Crippen LogP contribution in [0.25, 0.3) is 27.1 Å². The Balaban J connectivity index is 2.37. The lowest BCUT2D eigenvalue weighted by Gasteiger charge is -2.11. The molecule has 0 amide bonds. The maximum Gasteiger partial charge on any atom is 0.404 e. The fourth-order valence-corrected chi connectivity index (χ4v) is 3.33. The van der Waals surface area contributed by atoms with E-state index in [9.17, 15) is 9.59 Å². The SMILES string of the molecule is COC(=O)c1c(C(=O)OC)[n+]2cccc3ccc4cccc1c4c32. The number of methoxy groups -OCH3 is 2. The topological polar surface area (TPSA) is 56.7 Å². The van der Waals surface area contributed by atoms with Crippen LogP contribution in [0.4, 0.5) is 0 Å². The van der Waals surface area contributed by atoms with Crippen LogP contribution in [0.5, 0.6) is 0 Å². The molecule has 2 aromatic carbocycles. The number of hydrogen-bond acceptors (Lipinski definition) is 4. The molecule has 0 unspecified atom stereocenters. The Bertz CT molecular complexity index is 1030. The second-order valence-electron chi connectivity index (χ2n) is 5.49. The van der Waals surface area contributed by atoms with Gasteiger partial charge in [0, 0.05) is 16.8 Å². The number of ether oxygens (including phenoxy) is 2. The summed E-state index contributed by atoms with van der Waals surface area (Å²) < 4.78 is 11.6. The van der Waals surface area contributed by atoms with Gasteiger partial charge in [-0.05, 0) is 17.5 Å². The summed E-state index contributed by atoms with van der Waals surface area (Å²) in [6.45, 7) is 0. The Morgan fingerprint density at radius 3 is 2.33 bits per heavy atom. The molecule has 118 valence electrons. The summed E-state index contributed by atoms with van der Waals surface area (Å²) in [7, 11) is 2.60. The first-order chi connectivity index (χ1) is 11.7. The fourth-order valence-electron chi connectivity index (χ4n) is 3.33. The average molecular weight is 320 g/mol. The maximum atomic E-state index is 12.5. The van der Waals surface area contributed by atoms with Gasteiger partial charge in [-0.2, -0.15) is 4.40 Å². The zero-order valence-corrected chi connectivity index (χ0v) is 13.2. The number of esters is 2. The van der Waals surface area contributed by atoms with Crippen LogP contribution < -0.4 is 4.40 Å². The molecule has 0 radical (unpaired) electrons. The molecule has 0 spiro atoms. The average Bonchev–Trinajstić information content (AvgIpc) is 2.64. The lowest BCUT2D eigenvalue weighted by molar-refractivity contribution is -0.513. The second-order valence-corrected chi connectivity index (χ2v) is 5.49. The van der Waals surface area contributed by atoms with E-state index >= 15 is 0 Å². The van der Waals surface area contributed by atoms with Gasteiger partial charge in [0.25, 0.3) is 0 Å². The number of nitrogens with zero attached hydrogens (tertiary/aromatic N) is 1. The summed E-state index contributed by atoms with van der Waals surface area (Å²) in [6, 6.07) is 13.5. The number of aromatic nitrogens is 1. The van der Waals surface area contributed by atoms with Crippen LogP contribution in [0.15, 0.2) is 48.7 Å². The van der Waals surface area contributed by atoms with E-state index in [4.69, 9.17) is 9.47 Å². The number of benzene rings is 2. The van der Waals surface area contributed by atoms with Crippen LogP contribution >= 0.6 is 0 Å². The minimum absolute atomic E-state index is 0.168. The molecule has 2 heterocycles. The molecule has 0 aliphatic carbocycles. The molecule has 5 heteroatoms. The van der Waals surface area contributed by atoms with Crippen LogP contribution in [-0.2, 0) is 9.47 Å². The van der Waals surface area contributed by atoms with Crippen LogP contribution in [0, 0.1) is 0 Å². The highest BCUT2D eigenvalue weighted by molar-refractivity contribution is 6.20. The van der Waals surface area contributed by atoms with Gasteiger partial charge >= 0.3 is 17.6 Å². The molecular weight excluding hydrogens is 306 g/mol. The fraction of sp³-hybridized carbons (Fsp3) is 0.105. The van der Waals surface area contributed by atoms with Crippen LogP contribution in [-0.4, -0.2) is 26.2 Å². The molecule has 0 aliphatic heterocycles. The van der Waals surface area contributed by atoms with E-state index in [-0.39, 0.29) is 11.3 Å². The Labute approximate surface area is 137 Å². The van der Waals surface area contributed by atoms with Gasteiger partial charge < -0.3 is 9.47 Å². The highest BCUT2D eigenvalue weighted by Gasteiger charge is 2.34. The third kappa shape index (κ3) is 1.78. The van der Waals surface area contributed by atoms with Crippen molar-refractivity contribution in [3.8, 4) is 0 Å². The summed E-state index contributed by atoms with van der Waals surface area (Å²) in [6.07, 6.45) is 1.76. The van der Waals surface area contributed by atoms with E-state index in [1.807, 2.05) is 42.5 Å². The molecular formula is C19H14NO4+. The predicted octanol–water partition coefficient (Wildman–Crippen LogP) is 2.74. The third-order valence-electron chi connectivity index (χ3n) is 4.32. The Kier molecular flexibility index (Phi) is 3.09. The minimum atomic E-state index is -0.584. The first-order valence-corrected chi connectivity index (χ1v) is 7.45. The number of rotatable bonds is 2. The Morgan fingerprint density at radius 2 is 1.58 bits per heavy atom. The highest BCUT2D eigenvalue weighted by atomic mass is 16.5. The number of carbonyl (C=O) groups excluding carboxylic acids is 2. The monoisotopic (exact) mass is 320 g/mol. The lowest BCUT2D eigenvalue weighted by Crippen LogP contribution is -2.35. The molecule has 0 fully saturated rings. The maximum absolute atomic E-state index is 12.5. The molecule has 0 saturated carbocycles. The third-order valence-corrected chi connectivity index (χ3v) is 4.32. The van der Waals surface area contributed by atoms with Gasteiger partial charge in [0.05, 0.1) is 19.6 Å². The first-order valence-electron chi connectivity index (χ1n) is 7.45. The van der Waals surface area contributed by atoms with Crippen LogP contribution in [0.1, 0.15) is 20.8 Å². The molecule has 0 N–H and O–H groups in total. The van der Waals surface area contributed by atoms with Gasteiger partial charge in [-0.1, -0.05) is 24.3 Å². The van der Waals surface area contributed by atoms with Gasteiger partial charge in [0.1, 0.15) is 5.56 Å². The second kappa shape index (κ2) is 5.16. The number of carbonyl (C=O) groups is 2. The van der Waals surface area contributed by atoms with Crippen molar-refractivity contribution in [3.05, 3.63) is 59.9 Å². The van der Waals surface area contributed by atoms with Crippen molar-refractivity contribution in [1.29, 1.82) is 0 Å². The molecule has 0 saturated heterocycles. The lowest BCUT2D eigenvalue weighted by atomic mass is 9.96. The molecule has 4 aromatic rings. The van der Waals surface area contributed by atoms with Crippen molar-refractivity contribution in [2.75, 3.05) is 14.2 Å². The van der Waals surface area contributed by atoms with Crippen molar-refractivity contribution in [2.45, 2.75) is 0 Å².